The summed E-state index contributed by atoms with van der Waals surface area (Å²) in [5.41, 5.74) is 1.29. The van der Waals surface area contributed by atoms with E-state index >= 15 is 0 Å². The monoisotopic (exact) mass is 393 g/mol. The lowest BCUT2D eigenvalue weighted by Gasteiger charge is -2.39. The molecule has 0 aromatic heterocycles. The van der Waals surface area contributed by atoms with Crippen LogP contribution in [0.25, 0.3) is 0 Å². The van der Waals surface area contributed by atoms with E-state index in [9.17, 15) is 0 Å². The zero-order chi connectivity index (χ0) is 20.5. The van der Waals surface area contributed by atoms with E-state index < -0.39 is 5.97 Å². The first-order valence-corrected chi connectivity index (χ1v) is 11.4. The van der Waals surface area contributed by atoms with Crippen LogP contribution in [0.2, 0.25) is 0 Å². The lowest BCUT2D eigenvalue weighted by molar-refractivity contribution is -0.401. The van der Waals surface area contributed by atoms with Crippen LogP contribution >= 0.6 is 0 Å². The van der Waals surface area contributed by atoms with Crippen LogP contribution in [0, 0.1) is 5.92 Å². The molecule has 0 aliphatic heterocycles. The minimum atomic E-state index is -0.953. The SMILES string of the molecule is CCCCCCCCC(CNCc1ccccc1)C(OCC)(OCC)OCC. The molecule has 0 bridgehead atoms. The minimum Gasteiger partial charge on any atom is -0.327 e. The second-order valence-corrected chi connectivity index (χ2v) is 7.27. The Morgan fingerprint density at radius 3 is 1.93 bits per heavy atom. The van der Waals surface area contributed by atoms with E-state index in [0.29, 0.717) is 19.8 Å². The number of unbranched alkanes of at least 4 members (excludes halogenated alkanes) is 5. The van der Waals surface area contributed by atoms with Gasteiger partial charge in [0.25, 0.3) is 5.97 Å². The predicted octanol–water partition coefficient (Wildman–Crippen LogP) is 5.91. The van der Waals surface area contributed by atoms with Crippen molar-refractivity contribution in [1.82, 2.24) is 5.32 Å². The van der Waals surface area contributed by atoms with Gasteiger partial charge in [0.2, 0.25) is 0 Å². The van der Waals surface area contributed by atoms with E-state index in [2.05, 4.69) is 42.6 Å². The van der Waals surface area contributed by atoms with Gasteiger partial charge in [-0.3, -0.25) is 0 Å². The molecule has 0 fully saturated rings. The first-order chi connectivity index (χ1) is 13.7. The Hall–Kier alpha value is -0.940. The van der Waals surface area contributed by atoms with Crippen molar-refractivity contribution in [3.63, 3.8) is 0 Å². The number of hydrogen-bond acceptors (Lipinski definition) is 4. The third kappa shape index (κ3) is 9.51. The Balaban J connectivity index is 2.71. The zero-order valence-electron chi connectivity index (χ0n) is 18.7. The highest BCUT2D eigenvalue weighted by molar-refractivity contribution is 5.14. The molecule has 28 heavy (non-hydrogen) atoms. The Labute approximate surface area is 173 Å². The highest BCUT2D eigenvalue weighted by Gasteiger charge is 2.41. The smallest absolute Gasteiger partial charge is 0.287 e. The predicted molar refractivity (Wildman–Crippen MR) is 117 cm³/mol. The van der Waals surface area contributed by atoms with Crippen LogP contribution < -0.4 is 5.32 Å². The molecule has 0 heterocycles. The van der Waals surface area contributed by atoms with Gasteiger partial charge in [-0.25, -0.2) is 0 Å². The minimum absolute atomic E-state index is 0.155. The van der Waals surface area contributed by atoms with E-state index in [-0.39, 0.29) is 5.92 Å². The van der Waals surface area contributed by atoms with Gasteiger partial charge in [0.1, 0.15) is 0 Å². The molecule has 1 atom stereocenters. The van der Waals surface area contributed by atoms with Gasteiger partial charge in [-0.2, -0.15) is 0 Å². The molecule has 162 valence electrons. The first-order valence-electron chi connectivity index (χ1n) is 11.4. The van der Waals surface area contributed by atoms with Crippen LogP contribution in [0.15, 0.2) is 30.3 Å². The fraction of sp³-hybridized carbons (Fsp3) is 0.750. The topological polar surface area (TPSA) is 39.7 Å². The average Bonchev–Trinajstić information content (AvgIpc) is 2.70. The van der Waals surface area contributed by atoms with Crippen LogP contribution in [0.3, 0.4) is 0 Å². The highest BCUT2D eigenvalue weighted by Crippen LogP contribution is 2.30. The molecule has 0 saturated carbocycles. The second kappa shape index (κ2) is 15.9. The van der Waals surface area contributed by atoms with Crippen LogP contribution in [0.5, 0.6) is 0 Å². The number of rotatable bonds is 18. The van der Waals surface area contributed by atoms with Gasteiger partial charge in [-0.15, -0.1) is 0 Å². The zero-order valence-corrected chi connectivity index (χ0v) is 18.7. The van der Waals surface area contributed by atoms with E-state index in [0.717, 1.165) is 19.5 Å². The summed E-state index contributed by atoms with van der Waals surface area (Å²) in [4.78, 5) is 0. The highest BCUT2D eigenvalue weighted by atomic mass is 16.9. The maximum absolute atomic E-state index is 6.09. The molecule has 4 heteroatoms. The van der Waals surface area contributed by atoms with Crippen molar-refractivity contribution in [3.8, 4) is 0 Å². The molecular formula is C24H43NO3. The maximum Gasteiger partial charge on any atom is 0.287 e. The van der Waals surface area contributed by atoms with Crippen LogP contribution in [-0.2, 0) is 20.8 Å². The summed E-state index contributed by atoms with van der Waals surface area (Å²) in [6.07, 6.45) is 8.74. The third-order valence-corrected chi connectivity index (χ3v) is 5.01. The Bertz CT molecular complexity index is 449. The number of ether oxygens (including phenoxy) is 3. The molecule has 0 spiro atoms. The molecule has 1 aromatic rings. The average molecular weight is 394 g/mol. The Kier molecular flexibility index (Phi) is 14.3. The van der Waals surface area contributed by atoms with Crippen molar-refractivity contribution < 1.29 is 14.2 Å². The molecule has 0 amide bonds. The van der Waals surface area contributed by atoms with Gasteiger partial charge in [-0.1, -0.05) is 75.8 Å². The van der Waals surface area contributed by atoms with Gasteiger partial charge in [0, 0.05) is 32.9 Å². The Morgan fingerprint density at radius 1 is 0.786 bits per heavy atom. The van der Waals surface area contributed by atoms with E-state index in [1.54, 1.807) is 0 Å². The number of hydrogen-bond donors (Lipinski definition) is 1. The summed E-state index contributed by atoms with van der Waals surface area (Å²) in [6.45, 7) is 11.7. The normalized spacial score (nSPS) is 13.0. The van der Waals surface area contributed by atoms with Gasteiger partial charge in [0.05, 0.1) is 5.92 Å². The summed E-state index contributed by atoms with van der Waals surface area (Å²) < 4.78 is 18.3. The van der Waals surface area contributed by atoms with Gasteiger partial charge in [0.15, 0.2) is 0 Å². The van der Waals surface area contributed by atoms with Gasteiger partial charge in [-0.05, 0) is 32.8 Å². The number of benzene rings is 1. The molecule has 0 aliphatic carbocycles. The molecule has 1 N–H and O–H groups in total. The quantitative estimate of drug-likeness (QED) is 0.249. The van der Waals surface area contributed by atoms with Crippen molar-refractivity contribution >= 4 is 0 Å². The largest absolute Gasteiger partial charge is 0.327 e. The fourth-order valence-corrected chi connectivity index (χ4v) is 3.64. The summed E-state index contributed by atoms with van der Waals surface area (Å²) in [5, 5.41) is 3.60. The molecule has 1 aromatic carbocycles. The van der Waals surface area contributed by atoms with E-state index in [1.807, 2.05) is 20.8 Å². The van der Waals surface area contributed by atoms with Gasteiger partial charge >= 0.3 is 0 Å². The lowest BCUT2D eigenvalue weighted by Crippen LogP contribution is -2.50. The van der Waals surface area contributed by atoms with Crippen LogP contribution in [-0.4, -0.2) is 32.3 Å². The molecular weight excluding hydrogens is 350 g/mol. The summed E-state index contributed by atoms with van der Waals surface area (Å²) in [7, 11) is 0. The Morgan fingerprint density at radius 2 is 1.36 bits per heavy atom. The fourth-order valence-electron chi connectivity index (χ4n) is 3.64. The van der Waals surface area contributed by atoms with Crippen molar-refractivity contribution in [3.05, 3.63) is 35.9 Å². The van der Waals surface area contributed by atoms with E-state index in [1.165, 1.54) is 44.1 Å². The first kappa shape index (κ1) is 25.1. The maximum atomic E-state index is 6.09. The molecule has 0 radical (unpaired) electrons. The summed E-state index contributed by atoms with van der Waals surface area (Å²) in [6, 6.07) is 10.5. The van der Waals surface area contributed by atoms with Crippen molar-refractivity contribution in [2.75, 3.05) is 26.4 Å². The van der Waals surface area contributed by atoms with Crippen molar-refractivity contribution in [2.45, 2.75) is 85.2 Å². The molecule has 1 rings (SSSR count). The third-order valence-electron chi connectivity index (χ3n) is 5.01. The molecule has 0 saturated heterocycles. The molecule has 4 nitrogen and oxygen atoms in total. The van der Waals surface area contributed by atoms with Crippen LogP contribution in [0.1, 0.15) is 78.2 Å². The number of nitrogens with one attached hydrogen (secondary N) is 1. The summed E-state index contributed by atoms with van der Waals surface area (Å²) in [5.74, 6) is -0.798. The van der Waals surface area contributed by atoms with Crippen molar-refractivity contribution in [1.29, 1.82) is 0 Å². The molecule has 1 unspecified atom stereocenters. The van der Waals surface area contributed by atoms with E-state index in [4.69, 9.17) is 14.2 Å². The second-order valence-electron chi connectivity index (χ2n) is 7.27. The van der Waals surface area contributed by atoms with Crippen molar-refractivity contribution in [2.24, 2.45) is 5.92 Å². The standard InChI is InChI=1S/C24H43NO3/c1-5-9-10-11-12-16-19-23(21-25-20-22-17-14-13-15-18-22)24(26-6-2,27-7-3)28-8-4/h13-15,17-18,23,25H,5-12,16,19-21H2,1-4H3. The lowest BCUT2D eigenvalue weighted by atomic mass is 9.97. The van der Waals surface area contributed by atoms with Crippen LogP contribution in [0.4, 0.5) is 0 Å². The molecule has 0 aliphatic rings. The van der Waals surface area contributed by atoms with Gasteiger partial charge < -0.3 is 19.5 Å². The summed E-state index contributed by atoms with van der Waals surface area (Å²) >= 11 is 0.